The summed E-state index contributed by atoms with van der Waals surface area (Å²) in [5.41, 5.74) is 7.09. The molecule has 0 radical (unpaired) electrons. The van der Waals surface area contributed by atoms with Crippen LogP contribution in [0.15, 0.2) is 41.2 Å². The SMILES string of the molecule is Nc1nc(C=Cc2ccccc2)cc(=O)n1Cc1nnn[nH]1. The molecule has 0 saturated heterocycles. The molecule has 3 N–H and O–H groups in total. The molecule has 2 aromatic heterocycles. The van der Waals surface area contributed by atoms with Gasteiger partial charge in [-0.1, -0.05) is 36.4 Å². The van der Waals surface area contributed by atoms with Crippen LogP contribution >= 0.6 is 0 Å². The molecule has 110 valence electrons. The molecule has 0 atom stereocenters. The minimum Gasteiger partial charge on any atom is -0.369 e. The van der Waals surface area contributed by atoms with Crippen LogP contribution in [-0.4, -0.2) is 30.2 Å². The average molecular weight is 295 g/mol. The lowest BCUT2D eigenvalue weighted by molar-refractivity contribution is 0.711. The van der Waals surface area contributed by atoms with Crippen LogP contribution in [-0.2, 0) is 6.54 Å². The Labute approximate surface area is 125 Å². The quantitative estimate of drug-likeness (QED) is 0.726. The number of nitrogens with two attached hydrogens (primary N) is 1. The van der Waals surface area contributed by atoms with E-state index < -0.39 is 0 Å². The lowest BCUT2D eigenvalue weighted by Gasteiger charge is -2.06. The molecule has 0 amide bonds. The molecule has 0 bridgehead atoms. The second-order valence-corrected chi connectivity index (χ2v) is 4.56. The van der Waals surface area contributed by atoms with Gasteiger partial charge in [-0.2, -0.15) is 0 Å². The first-order valence-electron chi connectivity index (χ1n) is 6.55. The highest BCUT2D eigenvalue weighted by Crippen LogP contribution is 2.06. The zero-order valence-electron chi connectivity index (χ0n) is 11.5. The Kier molecular flexibility index (Phi) is 3.73. The Morgan fingerprint density at radius 3 is 2.73 bits per heavy atom. The Morgan fingerprint density at radius 1 is 1.23 bits per heavy atom. The van der Waals surface area contributed by atoms with Crippen molar-refractivity contribution in [2.45, 2.75) is 6.54 Å². The molecule has 0 aliphatic heterocycles. The fourth-order valence-corrected chi connectivity index (χ4v) is 1.93. The van der Waals surface area contributed by atoms with Crippen LogP contribution in [0.25, 0.3) is 12.2 Å². The number of nitrogens with zero attached hydrogens (tertiary/aromatic N) is 5. The number of rotatable bonds is 4. The second-order valence-electron chi connectivity index (χ2n) is 4.56. The molecule has 0 aliphatic carbocycles. The van der Waals surface area contributed by atoms with Crippen LogP contribution in [0, 0.1) is 0 Å². The Morgan fingerprint density at radius 2 is 2.05 bits per heavy atom. The molecular weight excluding hydrogens is 282 g/mol. The first-order chi connectivity index (χ1) is 10.7. The summed E-state index contributed by atoms with van der Waals surface area (Å²) in [6.45, 7) is 0.146. The number of hydrogen-bond donors (Lipinski definition) is 2. The fourth-order valence-electron chi connectivity index (χ4n) is 1.93. The van der Waals surface area contributed by atoms with Crippen molar-refractivity contribution in [2.75, 3.05) is 5.73 Å². The standard InChI is InChI=1S/C14H13N7O/c15-14-16-11(7-6-10-4-2-1-3-5-10)8-13(22)21(14)9-12-17-19-20-18-12/h1-8H,9H2,(H2,15,16)(H,17,18,19,20). The van der Waals surface area contributed by atoms with E-state index in [9.17, 15) is 4.79 Å². The molecule has 0 fully saturated rings. The largest absolute Gasteiger partial charge is 0.369 e. The van der Waals surface area contributed by atoms with Gasteiger partial charge < -0.3 is 5.73 Å². The van der Waals surface area contributed by atoms with Crippen molar-refractivity contribution >= 4 is 18.1 Å². The number of nitrogens with one attached hydrogen (secondary N) is 1. The molecule has 8 nitrogen and oxygen atoms in total. The van der Waals surface area contributed by atoms with E-state index in [0.717, 1.165) is 5.56 Å². The Hall–Kier alpha value is -3.29. The summed E-state index contributed by atoms with van der Waals surface area (Å²) in [6, 6.07) is 11.1. The molecule has 0 saturated carbocycles. The lowest BCUT2D eigenvalue weighted by atomic mass is 10.2. The van der Waals surface area contributed by atoms with Crippen molar-refractivity contribution in [2.24, 2.45) is 0 Å². The molecule has 3 rings (SSSR count). The number of anilines is 1. The minimum absolute atomic E-state index is 0.108. The highest BCUT2D eigenvalue weighted by atomic mass is 16.1. The number of nitrogen functional groups attached to an aromatic ring is 1. The monoisotopic (exact) mass is 295 g/mol. The first-order valence-corrected chi connectivity index (χ1v) is 6.55. The number of tetrazole rings is 1. The van der Waals surface area contributed by atoms with Crippen LogP contribution in [0.1, 0.15) is 17.1 Å². The van der Waals surface area contributed by atoms with Gasteiger partial charge in [0.25, 0.3) is 5.56 Å². The molecule has 3 aromatic rings. The molecule has 0 unspecified atom stereocenters. The minimum atomic E-state index is -0.267. The van der Waals surface area contributed by atoms with Crippen molar-refractivity contribution in [3.05, 3.63) is 63.8 Å². The third kappa shape index (κ3) is 3.06. The van der Waals surface area contributed by atoms with E-state index in [1.165, 1.54) is 10.6 Å². The van der Waals surface area contributed by atoms with Crippen LogP contribution in [0.2, 0.25) is 0 Å². The van der Waals surface area contributed by atoms with Gasteiger partial charge in [0, 0.05) is 6.07 Å². The van der Waals surface area contributed by atoms with Crippen molar-refractivity contribution < 1.29 is 0 Å². The van der Waals surface area contributed by atoms with E-state index in [4.69, 9.17) is 5.73 Å². The average Bonchev–Trinajstić information content (AvgIpc) is 3.03. The van der Waals surface area contributed by atoms with E-state index in [1.807, 2.05) is 36.4 Å². The molecule has 8 heteroatoms. The molecule has 2 heterocycles. The van der Waals surface area contributed by atoms with Gasteiger partial charge in [0.1, 0.15) is 0 Å². The Balaban J connectivity index is 1.86. The maximum Gasteiger partial charge on any atom is 0.255 e. The maximum absolute atomic E-state index is 12.1. The first kappa shape index (κ1) is 13.7. The molecule has 0 spiro atoms. The second kappa shape index (κ2) is 6.00. The fraction of sp³-hybridized carbons (Fsp3) is 0.0714. The summed E-state index contributed by atoms with van der Waals surface area (Å²) in [4.78, 5) is 16.3. The normalized spacial score (nSPS) is 11.1. The number of H-pyrrole nitrogens is 1. The van der Waals surface area contributed by atoms with Gasteiger partial charge in [0.2, 0.25) is 5.95 Å². The van der Waals surface area contributed by atoms with Crippen molar-refractivity contribution in [3.63, 3.8) is 0 Å². The number of aromatic amines is 1. The van der Waals surface area contributed by atoms with Gasteiger partial charge >= 0.3 is 0 Å². The third-order valence-corrected chi connectivity index (χ3v) is 3.00. The highest BCUT2D eigenvalue weighted by Gasteiger charge is 2.07. The zero-order valence-corrected chi connectivity index (χ0v) is 11.5. The van der Waals surface area contributed by atoms with E-state index in [-0.39, 0.29) is 18.1 Å². The lowest BCUT2D eigenvalue weighted by Crippen LogP contribution is -2.25. The smallest absolute Gasteiger partial charge is 0.255 e. The predicted molar refractivity (Wildman–Crippen MR) is 81.6 cm³/mol. The Bertz CT molecular complexity index is 837. The van der Waals surface area contributed by atoms with E-state index in [2.05, 4.69) is 25.6 Å². The molecule has 0 aliphatic rings. The van der Waals surface area contributed by atoms with E-state index >= 15 is 0 Å². The molecule has 1 aromatic carbocycles. The molecular formula is C14H13N7O. The summed E-state index contributed by atoms with van der Waals surface area (Å²) in [5.74, 6) is 0.541. The number of hydrogen-bond acceptors (Lipinski definition) is 6. The summed E-state index contributed by atoms with van der Waals surface area (Å²) in [5, 5.41) is 13.2. The van der Waals surface area contributed by atoms with Gasteiger partial charge in [-0.3, -0.25) is 9.36 Å². The zero-order chi connectivity index (χ0) is 15.4. The van der Waals surface area contributed by atoms with Crippen LogP contribution in [0.5, 0.6) is 0 Å². The van der Waals surface area contributed by atoms with Crippen molar-refractivity contribution in [1.29, 1.82) is 0 Å². The van der Waals surface area contributed by atoms with Gasteiger partial charge in [-0.25, -0.2) is 10.1 Å². The number of benzene rings is 1. The van der Waals surface area contributed by atoms with Crippen LogP contribution in [0.4, 0.5) is 5.95 Å². The summed E-state index contributed by atoms with van der Waals surface area (Å²) in [7, 11) is 0. The van der Waals surface area contributed by atoms with Crippen molar-refractivity contribution in [3.8, 4) is 0 Å². The van der Waals surface area contributed by atoms with Crippen molar-refractivity contribution in [1.82, 2.24) is 30.2 Å². The van der Waals surface area contributed by atoms with E-state index in [1.54, 1.807) is 6.08 Å². The highest BCUT2D eigenvalue weighted by molar-refractivity contribution is 5.68. The van der Waals surface area contributed by atoms with Gasteiger partial charge in [-0.05, 0) is 22.1 Å². The summed E-state index contributed by atoms with van der Waals surface area (Å²) >= 11 is 0. The maximum atomic E-state index is 12.1. The van der Waals surface area contributed by atoms with Gasteiger partial charge in [-0.15, -0.1) is 5.10 Å². The predicted octanol–water partition coefficient (Wildman–Crippen LogP) is 0.557. The molecule has 22 heavy (non-hydrogen) atoms. The topological polar surface area (TPSA) is 115 Å². The summed E-state index contributed by atoms with van der Waals surface area (Å²) < 4.78 is 1.29. The van der Waals surface area contributed by atoms with Gasteiger partial charge in [0.05, 0.1) is 12.2 Å². The third-order valence-electron chi connectivity index (χ3n) is 3.00. The van der Waals surface area contributed by atoms with Gasteiger partial charge in [0.15, 0.2) is 5.82 Å². The van der Waals surface area contributed by atoms with E-state index in [0.29, 0.717) is 11.5 Å². The number of aromatic nitrogens is 6. The summed E-state index contributed by atoms with van der Waals surface area (Å²) in [6.07, 6.45) is 3.61. The van der Waals surface area contributed by atoms with Crippen LogP contribution < -0.4 is 11.3 Å². The van der Waals surface area contributed by atoms with Crippen LogP contribution in [0.3, 0.4) is 0 Å².